The van der Waals surface area contributed by atoms with Crippen molar-refractivity contribution in [1.29, 1.82) is 0 Å². The second kappa shape index (κ2) is 24.4. The zero-order valence-corrected chi connectivity index (χ0v) is 46.3. The van der Waals surface area contributed by atoms with Gasteiger partial charge in [-0.3, -0.25) is 40.9 Å². The smallest absolute Gasteiger partial charge is 0.269 e. The standard InChI is InChI=1S/C31H46ClFN4O4Si2.C19H18ClFN4O4/c1-19-23(16-17-24(34-9)26(19)32)35-27(20(2)40-42(10,11)30(3,4)5)29(39)37-36-28(38)21-14-15-22(33)25(18-21)41-43(12,13)31(6,7)8;1-9-13(6-7-14(22-3)16(9)20)23-17(10(2)26)19(29)25-24-18(28)11-4-5-12(21)15(27)8-11/h14-18,20,27,35H,1-8,10-13H3,(H,36,38)(H,37,39);4-8,10,17,23,26-27H,1-2H3,(H,24,28)(H,25,29)/t20-,27?;10-,17?/m11/s1. The van der Waals surface area contributed by atoms with Crippen LogP contribution in [0.5, 0.6) is 11.5 Å². The van der Waals surface area contributed by atoms with Crippen molar-refractivity contribution in [2.45, 2.75) is 130 Å². The van der Waals surface area contributed by atoms with Crippen LogP contribution < -0.4 is 36.8 Å². The number of carbonyl (C=O) groups excluding carboxylic acids is 4. The Hall–Kier alpha value is -6.27. The van der Waals surface area contributed by atoms with Crippen LogP contribution in [0.1, 0.15) is 87.2 Å². The van der Waals surface area contributed by atoms with Gasteiger partial charge in [-0.1, -0.05) is 76.9 Å². The number of hydrogen-bond acceptors (Lipinski definition) is 10. The Labute approximate surface area is 432 Å². The van der Waals surface area contributed by atoms with E-state index in [0.29, 0.717) is 28.2 Å². The van der Waals surface area contributed by atoms with Crippen LogP contribution >= 0.6 is 23.2 Å². The number of benzene rings is 4. The quantitative estimate of drug-likeness (QED) is 0.0340. The van der Waals surface area contributed by atoms with Gasteiger partial charge in [-0.2, -0.15) is 0 Å². The number of carbonyl (C=O) groups is 4. The number of phenolic OH excluding ortho intramolecular Hbond substituents is 1. The van der Waals surface area contributed by atoms with Gasteiger partial charge in [-0.05, 0) is 124 Å². The van der Waals surface area contributed by atoms with E-state index in [1.54, 1.807) is 39.0 Å². The number of aromatic hydroxyl groups is 1. The number of aliphatic hydroxyl groups is 1. The Kier molecular flexibility index (Phi) is 20.4. The van der Waals surface area contributed by atoms with Gasteiger partial charge in [0.2, 0.25) is 11.4 Å². The lowest BCUT2D eigenvalue weighted by atomic mass is 10.1. The number of halogens is 4. The summed E-state index contributed by atoms with van der Waals surface area (Å²) in [6, 6.07) is 11.0. The van der Waals surface area contributed by atoms with Crippen molar-refractivity contribution >= 4 is 86.2 Å². The fourth-order valence-electron chi connectivity index (χ4n) is 6.01. The van der Waals surface area contributed by atoms with Gasteiger partial charge in [0.1, 0.15) is 17.8 Å². The Morgan fingerprint density at radius 2 is 1.07 bits per heavy atom. The number of aliphatic hydroxyl groups excluding tert-OH is 1. The summed E-state index contributed by atoms with van der Waals surface area (Å²) < 4.78 is 40.4. The molecule has 4 aromatic rings. The molecule has 8 N–H and O–H groups in total. The van der Waals surface area contributed by atoms with Gasteiger partial charge < -0.3 is 29.7 Å². The maximum atomic E-state index is 14.6. The van der Waals surface area contributed by atoms with Crippen molar-refractivity contribution in [2.24, 2.45) is 0 Å². The molecule has 0 aromatic heterocycles. The molecule has 4 rings (SSSR count). The van der Waals surface area contributed by atoms with Gasteiger partial charge >= 0.3 is 0 Å². The number of phenols is 1. The maximum absolute atomic E-state index is 14.6. The van der Waals surface area contributed by atoms with Crippen LogP contribution in [0, 0.1) is 38.6 Å². The SMILES string of the molecule is [C-]#[N+]c1ccc(NC(C(=O)NNC(=O)c2ccc(F)c(O)c2)[C@@H](C)O)c(C)c1Cl.[C-]#[N+]c1ccc(NC(C(=O)NNC(=O)c2ccc(F)c(O[Si](C)(C)C(C)(C)C)c2)[C@@H](C)O[Si](C)(C)C(C)(C)C)c(C)c1Cl. The van der Waals surface area contributed by atoms with Crippen LogP contribution in [-0.2, 0) is 14.0 Å². The number of hydrogen-bond donors (Lipinski definition) is 8. The molecule has 0 spiro atoms. The van der Waals surface area contributed by atoms with Crippen LogP contribution in [0.2, 0.25) is 46.3 Å². The van der Waals surface area contributed by atoms with Gasteiger partial charge in [0.05, 0.1) is 35.4 Å². The Balaban J connectivity index is 0.000000410. The Morgan fingerprint density at radius 1 is 0.653 bits per heavy atom. The lowest BCUT2D eigenvalue weighted by Gasteiger charge is -2.40. The van der Waals surface area contributed by atoms with Crippen LogP contribution in [-0.4, -0.2) is 74.8 Å². The van der Waals surface area contributed by atoms with E-state index < -0.39 is 81.9 Å². The summed E-state index contributed by atoms with van der Waals surface area (Å²) in [7, 11) is -4.67. The molecule has 16 nitrogen and oxygen atoms in total. The molecule has 0 aliphatic carbocycles. The molecular weight excluding hydrogens is 1010 g/mol. The van der Waals surface area contributed by atoms with Crippen LogP contribution in [0.3, 0.4) is 0 Å². The average Bonchev–Trinajstić information content (AvgIpc) is 3.28. The van der Waals surface area contributed by atoms with Gasteiger partial charge in [0.25, 0.3) is 31.9 Å². The Bertz CT molecular complexity index is 2760. The second-order valence-electron chi connectivity index (χ2n) is 20.0. The summed E-state index contributed by atoms with van der Waals surface area (Å²) in [5, 5.41) is 25.6. The summed E-state index contributed by atoms with van der Waals surface area (Å²) in [5.41, 5.74) is 11.9. The number of nitrogens with one attached hydrogen (secondary N) is 6. The number of amides is 4. The highest BCUT2D eigenvalue weighted by molar-refractivity contribution is 6.75. The first-order valence-corrected chi connectivity index (χ1v) is 29.1. The molecule has 0 fully saturated rings. The van der Waals surface area contributed by atoms with Gasteiger partial charge in [0.15, 0.2) is 25.7 Å². The first-order valence-electron chi connectivity index (χ1n) is 22.6. The minimum Gasteiger partial charge on any atom is -0.542 e. The Morgan fingerprint density at radius 3 is 1.49 bits per heavy atom. The molecule has 0 radical (unpaired) electrons. The minimum absolute atomic E-state index is 0.00304. The van der Waals surface area contributed by atoms with E-state index in [4.69, 9.17) is 45.2 Å². The van der Waals surface area contributed by atoms with E-state index in [1.807, 2.05) is 33.9 Å². The second-order valence-corrected chi connectivity index (χ2v) is 30.2. The largest absolute Gasteiger partial charge is 0.542 e. The molecule has 4 atom stereocenters. The zero-order chi connectivity index (χ0) is 54.8. The van der Waals surface area contributed by atoms with Crippen molar-refractivity contribution in [3.05, 3.63) is 127 Å². The fraction of sp³-hybridized carbons (Fsp3) is 0.400. The molecule has 2 unspecified atom stereocenters. The van der Waals surface area contributed by atoms with E-state index in [-0.39, 0.29) is 42.7 Å². The molecule has 0 bridgehead atoms. The van der Waals surface area contributed by atoms with Crippen molar-refractivity contribution < 1.29 is 47.0 Å². The van der Waals surface area contributed by atoms with Crippen LogP contribution in [0.15, 0.2) is 60.7 Å². The lowest BCUT2D eigenvalue weighted by molar-refractivity contribution is -0.125. The zero-order valence-electron chi connectivity index (χ0n) is 42.8. The number of hydrazine groups is 2. The number of anilines is 2. The highest BCUT2D eigenvalue weighted by Crippen LogP contribution is 2.40. The normalized spacial score (nSPS) is 13.3. The van der Waals surface area contributed by atoms with Crippen molar-refractivity contribution in [1.82, 2.24) is 21.7 Å². The predicted octanol–water partition coefficient (Wildman–Crippen LogP) is 11.0. The summed E-state index contributed by atoms with van der Waals surface area (Å²) in [6.07, 6.45) is -1.76. The summed E-state index contributed by atoms with van der Waals surface area (Å²) >= 11 is 12.5. The highest BCUT2D eigenvalue weighted by atomic mass is 35.5. The van der Waals surface area contributed by atoms with E-state index >= 15 is 0 Å². The first-order chi connectivity index (χ1) is 33.2. The molecule has 72 heavy (non-hydrogen) atoms. The highest BCUT2D eigenvalue weighted by Gasteiger charge is 2.42. The molecule has 0 saturated heterocycles. The third kappa shape index (κ3) is 15.4. The molecular formula is C50H64Cl2F2N8O8Si2. The van der Waals surface area contributed by atoms with Crippen LogP contribution in [0.25, 0.3) is 9.69 Å². The third-order valence-electron chi connectivity index (χ3n) is 12.6. The lowest BCUT2D eigenvalue weighted by Crippen LogP contribution is -2.55. The summed E-state index contributed by atoms with van der Waals surface area (Å²) in [5.74, 6) is -4.90. The first kappa shape index (κ1) is 60.0. The predicted molar refractivity (Wildman–Crippen MR) is 283 cm³/mol. The van der Waals surface area contributed by atoms with Gasteiger partial charge in [-0.25, -0.2) is 18.5 Å². The molecule has 4 amide bonds. The van der Waals surface area contributed by atoms with Gasteiger partial charge in [0, 0.05) is 22.5 Å². The van der Waals surface area contributed by atoms with Crippen molar-refractivity contribution in [2.75, 3.05) is 10.6 Å². The third-order valence-corrected chi connectivity index (χ3v) is 22.4. The average molecular weight is 1070 g/mol. The molecule has 0 aliphatic heterocycles. The molecule has 22 heteroatoms. The van der Waals surface area contributed by atoms with Gasteiger partial charge in [-0.15, -0.1) is 0 Å². The van der Waals surface area contributed by atoms with E-state index in [1.165, 1.54) is 31.2 Å². The molecule has 4 aromatic carbocycles. The van der Waals surface area contributed by atoms with Crippen LogP contribution in [0.4, 0.5) is 31.5 Å². The summed E-state index contributed by atoms with van der Waals surface area (Å²) in [6.45, 7) is 41.6. The minimum atomic E-state index is -2.37. The van der Waals surface area contributed by atoms with E-state index in [9.17, 15) is 38.2 Å². The molecule has 388 valence electrons. The fourth-order valence-corrected chi connectivity index (χ4v) is 8.86. The molecule has 0 saturated carbocycles. The maximum Gasteiger partial charge on any atom is 0.269 e. The topological polar surface area (TPSA) is 208 Å². The molecule has 0 heterocycles. The monoisotopic (exact) mass is 1070 g/mol. The number of rotatable bonds is 14. The summed E-state index contributed by atoms with van der Waals surface area (Å²) in [4.78, 5) is 57.8. The van der Waals surface area contributed by atoms with Crippen molar-refractivity contribution in [3.63, 3.8) is 0 Å². The molecule has 0 aliphatic rings. The van der Waals surface area contributed by atoms with Crippen molar-refractivity contribution in [3.8, 4) is 11.5 Å². The van der Waals surface area contributed by atoms with E-state index in [2.05, 4.69) is 75.9 Å². The number of nitrogens with zero attached hydrogens (tertiary/aromatic N) is 2. The van der Waals surface area contributed by atoms with E-state index in [0.717, 1.165) is 18.2 Å².